The molecule has 1 aliphatic heterocycles. The van der Waals surface area contributed by atoms with Gasteiger partial charge in [0.05, 0.1) is 6.54 Å². The van der Waals surface area contributed by atoms with Gasteiger partial charge in [0.15, 0.2) is 0 Å². The highest BCUT2D eigenvalue weighted by molar-refractivity contribution is 6.30. The summed E-state index contributed by atoms with van der Waals surface area (Å²) in [7, 11) is 0. The second-order valence-electron chi connectivity index (χ2n) is 5.74. The summed E-state index contributed by atoms with van der Waals surface area (Å²) in [6.07, 6.45) is 1.24. The smallest absolute Gasteiger partial charge is 0.234 e. The first-order valence-electron chi connectivity index (χ1n) is 8.09. The van der Waals surface area contributed by atoms with E-state index in [2.05, 4.69) is 10.2 Å². The Kier molecular flexibility index (Phi) is 6.86. The van der Waals surface area contributed by atoms with Crippen LogP contribution in [0.15, 0.2) is 24.3 Å². The molecule has 1 saturated heterocycles. The highest BCUT2D eigenvalue weighted by Crippen LogP contribution is 2.12. The first-order chi connectivity index (χ1) is 11.1. The van der Waals surface area contributed by atoms with Gasteiger partial charge >= 0.3 is 0 Å². The number of aryl methyl sites for hydroxylation is 1. The SMILES string of the molecule is CCNC(=O)CN1CCN(C(=O)CCc2ccc(Cl)cc2)CC1. The van der Waals surface area contributed by atoms with Crippen molar-refractivity contribution in [3.8, 4) is 0 Å². The molecular formula is C17H24ClN3O2. The molecule has 2 rings (SSSR count). The number of likely N-dealkylation sites (N-methyl/N-ethyl adjacent to an activating group) is 1. The van der Waals surface area contributed by atoms with E-state index in [4.69, 9.17) is 11.6 Å². The van der Waals surface area contributed by atoms with Crippen molar-refractivity contribution in [3.05, 3.63) is 34.9 Å². The second-order valence-corrected chi connectivity index (χ2v) is 6.17. The maximum Gasteiger partial charge on any atom is 0.234 e. The standard InChI is InChI=1S/C17H24ClN3O2/c1-2-19-16(22)13-20-9-11-21(12-10-20)17(23)8-5-14-3-6-15(18)7-4-14/h3-4,6-7H,2,5,8-13H2,1H3,(H,19,22). The third kappa shape index (κ3) is 5.84. The van der Waals surface area contributed by atoms with Gasteiger partial charge in [0, 0.05) is 44.2 Å². The Labute approximate surface area is 142 Å². The molecule has 2 amide bonds. The lowest BCUT2D eigenvalue weighted by atomic mass is 10.1. The van der Waals surface area contributed by atoms with Crippen molar-refractivity contribution >= 4 is 23.4 Å². The fraction of sp³-hybridized carbons (Fsp3) is 0.529. The van der Waals surface area contributed by atoms with Crippen LogP contribution in [-0.2, 0) is 16.0 Å². The molecule has 1 aliphatic rings. The predicted molar refractivity (Wildman–Crippen MR) is 91.5 cm³/mol. The molecule has 1 aromatic carbocycles. The zero-order chi connectivity index (χ0) is 16.7. The van der Waals surface area contributed by atoms with E-state index in [0.717, 1.165) is 25.1 Å². The Morgan fingerprint density at radius 3 is 2.39 bits per heavy atom. The van der Waals surface area contributed by atoms with Gasteiger partial charge in [0.2, 0.25) is 11.8 Å². The topological polar surface area (TPSA) is 52.7 Å². The number of nitrogens with zero attached hydrogens (tertiary/aromatic N) is 2. The van der Waals surface area contributed by atoms with Gasteiger partial charge in [-0.3, -0.25) is 14.5 Å². The molecule has 0 unspecified atom stereocenters. The number of halogens is 1. The summed E-state index contributed by atoms with van der Waals surface area (Å²) < 4.78 is 0. The molecule has 126 valence electrons. The lowest BCUT2D eigenvalue weighted by molar-refractivity contribution is -0.133. The third-order valence-electron chi connectivity index (χ3n) is 4.01. The first kappa shape index (κ1) is 17.8. The summed E-state index contributed by atoms with van der Waals surface area (Å²) in [6.45, 7) is 5.88. The number of hydrogen-bond acceptors (Lipinski definition) is 3. The van der Waals surface area contributed by atoms with Crippen LogP contribution in [0.5, 0.6) is 0 Å². The van der Waals surface area contributed by atoms with Crippen molar-refractivity contribution < 1.29 is 9.59 Å². The Bertz CT molecular complexity index is 525. The molecule has 1 N–H and O–H groups in total. The molecule has 1 aromatic rings. The number of piperazine rings is 1. The van der Waals surface area contributed by atoms with Gasteiger partial charge in [-0.15, -0.1) is 0 Å². The monoisotopic (exact) mass is 337 g/mol. The summed E-state index contributed by atoms with van der Waals surface area (Å²) in [5.41, 5.74) is 1.12. The molecule has 0 radical (unpaired) electrons. The number of nitrogens with one attached hydrogen (secondary N) is 1. The van der Waals surface area contributed by atoms with Gasteiger partial charge in [0.25, 0.3) is 0 Å². The van der Waals surface area contributed by atoms with Crippen LogP contribution in [0.1, 0.15) is 18.9 Å². The van der Waals surface area contributed by atoms with E-state index in [1.807, 2.05) is 36.1 Å². The molecule has 5 nitrogen and oxygen atoms in total. The molecule has 0 saturated carbocycles. The van der Waals surface area contributed by atoms with Gasteiger partial charge in [-0.05, 0) is 31.0 Å². The Morgan fingerprint density at radius 2 is 1.78 bits per heavy atom. The number of benzene rings is 1. The molecule has 0 aliphatic carbocycles. The molecule has 1 fully saturated rings. The van der Waals surface area contributed by atoms with E-state index >= 15 is 0 Å². The normalized spacial score (nSPS) is 15.5. The minimum absolute atomic E-state index is 0.0509. The zero-order valence-corrected chi connectivity index (χ0v) is 14.3. The van der Waals surface area contributed by atoms with Crippen molar-refractivity contribution in [1.29, 1.82) is 0 Å². The van der Waals surface area contributed by atoms with Gasteiger partial charge in [-0.2, -0.15) is 0 Å². The largest absolute Gasteiger partial charge is 0.355 e. The number of carbonyl (C=O) groups is 2. The number of amides is 2. The highest BCUT2D eigenvalue weighted by Gasteiger charge is 2.21. The summed E-state index contributed by atoms with van der Waals surface area (Å²) in [6, 6.07) is 7.61. The van der Waals surface area contributed by atoms with Crippen LogP contribution < -0.4 is 5.32 Å². The molecule has 0 spiro atoms. The summed E-state index contributed by atoms with van der Waals surface area (Å²) in [4.78, 5) is 27.8. The average molecular weight is 338 g/mol. The van der Waals surface area contributed by atoms with Crippen LogP contribution in [0.3, 0.4) is 0 Å². The highest BCUT2D eigenvalue weighted by atomic mass is 35.5. The maximum atomic E-state index is 12.3. The first-order valence-corrected chi connectivity index (χ1v) is 8.47. The maximum absolute atomic E-state index is 12.3. The second kappa shape index (κ2) is 8.89. The van der Waals surface area contributed by atoms with Crippen LogP contribution in [0, 0.1) is 0 Å². The number of hydrogen-bond donors (Lipinski definition) is 1. The lowest BCUT2D eigenvalue weighted by Gasteiger charge is -2.34. The van der Waals surface area contributed by atoms with E-state index in [-0.39, 0.29) is 11.8 Å². The van der Waals surface area contributed by atoms with E-state index in [0.29, 0.717) is 37.6 Å². The third-order valence-corrected chi connectivity index (χ3v) is 4.26. The van der Waals surface area contributed by atoms with Crippen LogP contribution >= 0.6 is 11.6 Å². The van der Waals surface area contributed by atoms with E-state index in [1.54, 1.807) is 0 Å². The minimum atomic E-state index is 0.0509. The van der Waals surface area contributed by atoms with Crippen molar-refractivity contribution in [2.24, 2.45) is 0 Å². The molecule has 23 heavy (non-hydrogen) atoms. The van der Waals surface area contributed by atoms with Crippen LogP contribution in [0.25, 0.3) is 0 Å². The predicted octanol–water partition coefficient (Wildman–Crippen LogP) is 1.55. The van der Waals surface area contributed by atoms with Crippen molar-refractivity contribution in [2.75, 3.05) is 39.3 Å². The van der Waals surface area contributed by atoms with Crippen LogP contribution in [-0.4, -0.2) is 60.9 Å². The lowest BCUT2D eigenvalue weighted by Crippen LogP contribution is -2.51. The molecule has 0 atom stereocenters. The van der Waals surface area contributed by atoms with E-state index < -0.39 is 0 Å². The van der Waals surface area contributed by atoms with Crippen molar-refractivity contribution in [1.82, 2.24) is 15.1 Å². The molecule has 6 heteroatoms. The molecule has 1 heterocycles. The number of carbonyl (C=O) groups excluding carboxylic acids is 2. The molecule has 0 aromatic heterocycles. The van der Waals surface area contributed by atoms with Crippen molar-refractivity contribution in [2.45, 2.75) is 19.8 Å². The van der Waals surface area contributed by atoms with E-state index in [9.17, 15) is 9.59 Å². The molecule has 0 bridgehead atoms. The zero-order valence-electron chi connectivity index (χ0n) is 13.6. The molecular weight excluding hydrogens is 314 g/mol. The quantitative estimate of drug-likeness (QED) is 0.857. The fourth-order valence-electron chi connectivity index (χ4n) is 2.67. The van der Waals surface area contributed by atoms with Crippen molar-refractivity contribution in [3.63, 3.8) is 0 Å². The van der Waals surface area contributed by atoms with Crippen LogP contribution in [0.4, 0.5) is 0 Å². The Morgan fingerprint density at radius 1 is 1.13 bits per heavy atom. The summed E-state index contributed by atoms with van der Waals surface area (Å²) >= 11 is 5.86. The van der Waals surface area contributed by atoms with Gasteiger partial charge in [0.1, 0.15) is 0 Å². The summed E-state index contributed by atoms with van der Waals surface area (Å²) in [5, 5.41) is 3.51. The van der Waals surface area contributed by atoms with Crippen LogP contribution in [0.2, 0.25) is 5.02 Å². The average Bonchev–Trinajstić information content (AvgIpc) is 2.55. The minimum Gasteiger partial charge on any atom is -0.355 e. The number of rotatable bonds is 6. The Hall–Kier alpha value is -1.59. The van der Waals surface area contributed by atoms with Gasteiger partial charge in [-0.25, -0.2) is 0 Å². The summed E-state index contributed by atoms with van der Waals surface area (Å²) in [5.74, 6) is 0.229. The van der Waals surface area contributed by atoms with Gasteiger partial charge < -0.3 is 10.2 Å². The van der Waals surface area contributed by atoms with Gasteiger partial charge in [-0.1, -0.05) is 23.7 Å². The fourth-order valence-corrected chi connectivity index (χ4v) is 2.80. The van der Waals surface area contributed by atoms with E-state index in [1.165, 1.54) is 0 Å². The Balaban J connectivity index is 1.71.